The zero-order valence-corrected chi connectivity index (χ0v) is 6.19. The molecule has 1 atom stereocenters. The molecule has 0 spiro atoms. The average Bonchev–Trinajstić information content (AvgIpc) is 2.59. The molecule has 3 heteroatoms. The maximum absolute atomic E-state index is 3.11. The molecule has 2 N–H and O–H groups in total. The van der Waals surface area contributed by atoms with Crippen molar-refractivity contribution in [2.24, 2.45) is 0 Å². The number of hydrazine groups is 1. The fraction of sp³-hybridized carbons (Fsp3) is 0.143. The highest BCUT2D eigenvalue weighted by Gasteiger charge is 2.09. The molecule has 52 valence electrons. The SMILES string of the molecule is C1=CC(c2cccs2)NN1. The second-order valence-corrected chi connectivity index (χ2v) is 3.12. The van der Waals surface area contributed by atoms with E-state index in [-0.39, 0.29) is 0 Å². The van der Waals surface area contributed by atoms with Crippen LogP contribution < -0.4 is 10.9 Å². The molecular weight excluding hydrogens is 144 g/mol. The maximum Gasteiger partial charge on any atom is 0.0800 e. The van der Waals surface area contributed by atoms with E-state index in [0.29, 0.717) is 6.04 Å². The van der Waals surface area contributed by atoms with Gasteiger partial charge in [0, 0.05) is 11.1 Å². The number of thiophene rings is 1. The molecule has 0 bridgehead atoms. The third-order valence-corrected chi connectivity index (χ3v) is 2.42. The Balaban J connectivity index is 2.20. The summed E-state index contributed by atoms with van der Waals surface area (Å²) < 4.78 is 0. The smallest absolute Gasteiger partial charge is 0.0800 e. The van der Waals surface area contributed by atoms with Crippen LogP contribution in [0.5, 0.6) is 0 Å². The Kier molecular flexibility index (Phi) is 1.45. The van der Waals surface area contributed by atoms with E-state index in [4.69, 9.17) is 0 Å². The molecule has 2 rings (SSSR count). The summed E-state index contributed by atoms with van der Waals surface area (Å²) in [5.41, 5.74) is 6.04. The highest BCUT2D eigenvalue weighted by molar-refractivity contribution is 7.10. The summed E-state index contributed by atoms with van der Waals surface area (Å²) in [6, 6.07) is 4.56. The van der Waals surface area contributed by atoms with Crippen molar-refractivity contribution in [3.8, 4) is 0 Å². The van der Waals surface area contributed by atoms with Crippen LogP contribution >= 0.6 is 11.3 Å². The molecule has 1 unspecified atom stereocenters. The van der Waals surface area contributed by atoms with Gasteiger partial charge in [0.05, 0.1) is 6.04 Å². The van der Waals surface area contributed by atoms with Gasteiger partial charge in [-0.2, -0.15) is 0 Å². The molecule has 0 saturated carbocycles. The molecule has 0 fully saturated rings. The Morgan fingerprint density at radius 1 is 1.50 bits per heavy atom. The van der Waals surface area contributed by atoms with Gasteiger partial charge in [-0.25, -0.2) is 5.43 Å². The minimum absolute atomic E-state index is 0.375. The predicted octanol–water partition coefficient (Wildman–Crippen LogP) is 1.41. The van der Waals surface area contributed by atoms with Crippen LogP contribution in [-0.4, -0.2) is 0 Å². The second kappa shape index (κ2) is 2.44. The van der Waals surface area contributed by atoms with Crippen molar-refractivity contribution in [2.45, 2.75) is 6.04 Å². The van der Waals surface area contributed by atoms with Crippen LogP contribution in [0.4, 0.5) is 0 Å². The maximum atomic E-state index is 3.11. The van der Waals surface area contributed by atoms with Gasteiger partial charge < -0.3 is 5.43 Å². The van der Waals surface area contributed by atoms with Crippen molar-refractivity contribution >= 4 is 11.3 Å². The highest BCUT2D eigenvalue weighted by atomic mass is 32.1. The van der Waals surface area contributed by atoms with Crippen molar-refractivity contribution in [3.05, 3.63) is 34.7 Å². The van der Waals surface area contributed by atoms with Crippen LogP contribution in [0.1, 0.15) is 10.9 Å². The second-order valence-electron chi connectivity index (χ2n) is 2.14. The Hall–Kier alpha value is -0.800. The molecule has 0 saturated heterocycles. The van der Waals surface area contributed by atoms with E-state index in [1.165, 1.54) is 4.88 Å². The van der Waals surface area contributed by atoms with Gasteiger partial charge in [-0.05, 0) is 17.5 Å². The summed E-state index contributed by atoms with van der Waals surface area (Å²) in [6.07, 6.45) is 4.02. The zero-order chi connectivity index (χ0) is 6.81. The summed E-state index contributed by atoms with van der Waals surface area (Å²) in [5, 5.41) is 2.09. The average molecular weight is 152 g/mol. The lowest BCUT2D eigenvalue weighted by atomic mass is 10.2. The first-order chi connectivity index (χ1) is 4.97. The van der Waals surface area contributed by atoms with Gasteiger partial charge in [0.15, 0.2) is 0 Å². The third-order valence-electron chi connectivity index (χ3n) is 1.46. The van der Waals surface area contributed by atoms with Gasteiger partial charge in [0.1, 0.15) is 0 Å². The van der Waals surface area contributed by atoms with Gasteiger partial charge in [-0.3, -0.25) is 0 Å². The predicted molar refractivity (Wildman–Crippen MR) is 42.5 cm³/mol. The molecule has 1 aromatic rings. The van der Waals surface area contributed by atoms with Gasteiger partial charge in [0.2, 0.25) is 0 Å². The topological polar surface area (TPSA) is 24.1 Å². The van der Waals surface area contributed by atoms with E-state index < -0.39 is 0 Å². The largest absolute Gasteiger partial charge is 0.328 e. The van der Waals surface area contributed by atoms with Crippen molar-refractivity contribution in [1.82, 2.24) is 10.9 Å². The molecular formula is C7H8N2S. The standard InChI is InChI=1S/C7H8N2S/c1-2-7(10-5-1)6-3-4-8-9-6/h1-6,8-9H. The van der Waals surface area contributed by atoms with Crippen LogP contribution in [0.15, 0.2) is 29.8 Å². The lowest BCUT2D eigenvalue weighted by Gasteiger charge is -2.03. The van der Waals surface area contributed by atoms with Gasteiger partial charge in [0.25, 0.3) is 0 Å². The lowest BCUT2D eigenvalue weighted by molar-refractivity contribution is 0.617. The normalized spacial score (nSPS) is 23.0. The number of nitrogens with one attached hydrogen (secondary N) is 2. The summed E-state index contributed by atoms with van der Waals surface area (Å²) in [4.78, 5) is 1.35. The molecule has 10 heavy (non-hydrogen) atoms. The van der Waals surface area contributed by atoms with E-state index in [9.17, 15) is 0 Å². The minimum Gasteiger partial charge on any atom is -0.328 e. The van der Waals surface area contributed by atoms with Crippen LogP contribution in [0.2, 0.25) is 0 Å². The van der Waals surface area contributed by atoms with E-state index in [2.05, 4.69) is 34.4 Å². The van der Waals surface area contributed by atoms with E-state index in [1.807, 2.05) is 6.20 Å². The highest BCUT2D eigenvalue weighted by Crippen LogP contribution is 2.20. The molecule has 0 aromatic carbocycles. The molecule has 2 nitrogen and oxygen atoms in total. The Morgan fingerprint density at radius 2 is 2.50 bits per heavy atom. The first-order valence-electron chi connectivity index (χ1n) is 3.18. The molecule has 1 aromatic heterocycles. The number of rotatable bonds is 1. The monoisotopic (exact) mass is 152 g/mol. The van der Waals surface area contributed by atoms with Crippen LogP contribution in [-0.2, 0) is 0 Å². The fourth-order valence-corrected chi connectivity index (χ4v) is 1.72. The van der Waals surface area contributed by atoms with Crippen molar-refractivity contribution in [2.75, 3.05) is 0 Å². The Bertz CT molecular complexity index is 228. The summed E-state index contributed by atoms with van der Waals surface area (Å²) in [7, 11) is 0. The lowest BCUT2D eigenvalue weighted by Crippen LogP contribution is -2.23. The van der Waals surface area contributed by atoms with Gasteiger partial charge >= 0.3 is 0 Å². The van der Waals surface area contributed by atoms with Gasteiger partial charge in [-0.15, -0.1) is 11.3 Å². The van der Waals surface area contributed by atoms with E-state index in [0.717, 1.165) is 0 Å². The zero-order valence-electron chi connectivity index (χ0n) is 5.37. The van der Waals surface area contributed by atoms with Crippen LogP contribution in [0.3, 0.4) is 0 Å². The van der Waals surface area contributed by atoms with E-state index in [1.54, 1.807) is 11.3 Å². The van der Waals surface area contributed by atoms with Crippen molar-refractivity contribution < 1.29 is 0 Å². The van der Waals surface area contributed by atoms with Gasteiger partial charge in [-0.1, -0.05) is 6.07 Å². The molecule has 0 aliphatic carbocycles. The molecule has 1 aliphatic rings. The third kappa shape index (κ3) is 0.936. The summed E-state index contributed by atoms with van der Waals surface area (Å²) in [5.74, 6) is 0. The molecule has 0 amide bonds. The quantitative estimate of drug-likeness (QED) is 0.635. The van der Waals surface area contributed by atoms with Crippen molar-refractivity contribution in [1.29, 1.82) is 0 Å². The summed E-state index contributed by atoms with van der Waals surface area (Å²) >= 11 is 1.77. The molecule has 1 aliphatic heterocycles. The Labute approximate surface area is 63.5 Å². The molecule has 0 radical (unpaired) electrons. The fourth-order valence-electron chi connectivity index (χ4n) is 0.965. The Morgan fingerprint density at radius 3 is 3.10 bits per heavy atom. The van der Waals surface area contributed by atoms with Crippen LogP contribution in [0.25, 0.3) is 0 Å². The number of hydrogen-bond donors (Lipinski definition) is 2. The first-order valence-corrected chi connectivity index (χ1v) is 4.06. The van der Waals surface area contributed by atoms with Crippen molar-refractivity contribution in [3.63, 3.8) is 0 Å². The van der Waals surface area contributed by atoms with E-state index >= 15 is 0 Å². The summed E-state index contributed by atoms with van der Waals surface area (Å²) in [6.45, 7) is 0. The molecule has 2 heterocycles. The first kappa shape index (κ1) is 5.95. The minimum atomic E-state index is 0.375. The van der Waals surface area contributed by atoms with Crippen LogP contribution in [0, 0.1) is 0 Å². The number of hydrogen-bond acceptors (Lipinski definition) is 3.